The van der Waals surface area contributed by atoms with Crippen LogP contribution >= 0.6 is 12.2 Å². The number of aryl methyl sites for hydroxylation is 1. The lowest BCUT2D eigenvalue weighted by molar-refractivity contribution is -0.141. The van der Waals surface area contributed by atoms with Crippen molar-refractivity contribution in [2.45, 2.75) is 38.3 Å². The minimum atomic E-state index is -4.54. The maximum Gasteiger partial charge on any atom is 0.435 e. The smallest absolute Gasteiger partial charge is 0.346 e. The van der Waals surface area contributed by atoms with Crippen molar-refractivity contribution in [2.24, 2.45) is 7.05 Å². The number of benzene rings is 1. The highest BCUT2D eigenvalue weighted by atomic mass is 32.1. The van der Waals surface area contributed by atoms with E-state index in [0.29, 0.717) is 0 Å². The summed E-state index contributed by atoms with van der Waals surface area (Å²) in [5.74, 6) is 0. The van der Waals surface area contributed by atoms with E-state index >= 15 is 0 Å². The third kappa shape index (κ3) is 2.92. The fourth-order valence-corrected chi connectivity index (χ4v) is 3.49. The lowest BCUT2D eigenvalue weighted by Gasteiger charge is -2.19. The molecule has 0 aliphatic heterocycles. The Hall–Kier alpha value is -1.89. The van der Waals surface area contributed by atoms with E-state index in [4.69, 9.17) is 12.2 Å². The van der Waals surface area contributed by atoms with Gasteiger partial charge in [0.1, 0.15) is 4.99 Å². The van der Waals surface area contributed by atoms with E-state index in [0.717, 1.165) is 28.8 Å². The molecule has 0 fully saturated rings. The number of halogens is 3. The molecule has 128 valence electrons. The van der Waals surface area contributed by atoms with Gasteiger partial charge in [-0.2, -0.15) is 18.3 Å². The van der Waals surface area contributed by atoms with E-state index in [1.165, 1.54) is 18.8 Å². The average Bonchev–Trinajstić information content (AvgIpc) is 3.01. The molecule has 2 aromatic rings. The van der Waals surface area contributed by atoms with E-state index < -0.39 is 11.9 Å². The van der Waals surface area contributed by atoms with Crippen molar-refractivity contribution in [1.82, 2.24) is 9.78 Å². The summed E-state index contributed by atoms with van der Waals surface area (Å²) in [6.45, 7) is 4.34. The quantitative estimate of drug-likeness (QED) is 0.809. The van der Waals surface area contributed by atoms with Crippen LogP contribution in [0.25, 0.3) is 0 Å². The standard InChI is InChI=1S/C17H18F3N3S/c1-16(2)8-7-10-12(16)5-4-6-13(10)21-15(24)11-9-23(3)22-14(11)17(18,19)20/h4-6,9H,7-8H2,1-3H3,(H,21,24). The predicted octanol–water partition coefficient (Wildman–Crippen LogP) is 4.45. The zero-order valence-electron chi connectivity index (χ0n) is 13.7. The van der Waals surface area contributed by atoms with Crippen molar-refractivity contribution in [3.63, 3.8) is 0 Å². The maximum atomic E-state index is 13.1. The second-order valence-corrected chi connectivity index (χ2v) is 7.14. The van der Waals surface area contributed by atoms with Gasteiger partial charge in [0.15, 0.2) is 5.69 Å². The van der Waals surface area contributed by atoms with E-state index in [2.05, 4.69) is 30.3 Å². The van der Waals surface area contributed by atoms with Crippen molar-refractivity contribution in [3.8, 4) is 0 Å². The summed E-state index contributed by atoms with van der Waals surface area (Å²) < 4.78 is 40.5. The summed E-state index contributed by atoms with van der Waals surface area (Å²) in [7, 11) is 1.45. The highest BCUT2D eigenvalue weighted by Gasteiger charge is 2.38. The van der Waals surface area contributed by atoms with Crippen LogP contribution in [0.1, 0.15) is 42.7 Å². The third-order valence-electron chi connectivity index (χ3n) is 4.50. The number of fused-ring (bicyclic) bond motifs is 1. The second-order valence-electron chi connectivity index (χ2n) is 6.73. The van der Waals surface area contributed by atoms with Gasteiger partial charge in [-0.15, -0.1) is 0 Å². The Kier molecular flexibility index (Phi) is 3.94. The number of hydrogen-bond acceptors (Lipinski definition) is 2. The minimum Gasteiger partial charge on any atom is -0.346 e. The lowest BCUT2D eigenvalue weighted by Crippen LogP contribution is -2.18. The van der Waals surface area contributed by atoms with Gasteiger partial charge < -0.3 is 5.32 Å². The van der Waals surface area contributed by atoms with Gasteiger partial charge in [0.2, 0.25) is 0 Å². The molecule has 0 radical (unpaired) electrons. The zero-order valence-corrected chi connectivity index (χ0v) is 14.5. The summed E-state index contributed by atoms with van der Waals surface area (Å²) in [5, 5.41) is 6.50. The summed E-state index contributed by atoms with van der Waals surface area (Å²) >= 11 is 5.24. The molecule has 3 nitrogen and oxygen atoms in total. The molecule has 1 aliphatic carbocycles. The molecule has 1 aromatic heterocycles. The van der Waals surface area contributed by atoms with E-state index in [9.17, 15) is 13.2 Å². The summed E-state index contributed by atoms with van der Waals surface area (Å²) in [4.78, 5) is 0.0357. The normalized spacial score (nSPS) is 16.1. The largest absolute Gasteiger partial charge is 0.435 e. The van der Waals surface area contributed by atoms with Crippen molar-refractivity contribution < 1.29 is 13.2 Å². The number of thiocarbonyl (C=S) groups is 1. The van der Waals surface area contributed by atoms with Crippen LogP contribution in [-0.2, 0) is 25.1 Å². The molecular formula is C17H18F3N3S. The molecule has 24 heavy (non-hydrogen) atoms. The molecule has 0 bridgehead atoms. The van der Waals surface area contributed by atoms with Gasteiger partial charge >= 0.3 is 6.18 Å². The Labute approximate surface area is 143 Å². The van der Waals surface area contributed by atoms with Crippen LogP contribution in [0.4, 0.5) is 18.9 Å². The van der Waals surface area contributed by atoms with E-state index in [1.54, 1.807) is 0 Å². The molecule has 7 heteroatoms. The molecule has 0 saturated carbocycles. The topological polar surface area (TPSA) is 29.9 Å². The molecule has 0 unspecified atom stereocenters. The van der Waals surface area contributed by atoms with Crippen LogP contribution in [0.3, 0.4) is 0 Å². The van der Waals surface area contributed by atoms with Crippen molar-refractivity contribution >= 4 is 22.9 Å². The summed E-state index contributed by atoms with van der Waals surface area (Å²) in [6.07, 6.45) is -1.35. The Morgan fingerprint density at radius 3 is 2.71 bits per heavy atom. The Balaban J connectivity index is 1.95. The molecule has 1 N–H and O–H groups in total. The fourth-order valence-electron chi connectivity index (χ4n) is 3.23. The van der Waals surface area contributed by atoms with Crippen LogP contribution in [0.15, 0.2) is 24.4 Å². The van der Waals surface area contributed by atoms with E-state index in [1.807, 2.05) is 12.1 Å². The van der Waals surface area contributed by atoms with Crippen LogP contribution in [0.5, 0.6) is 0 Å². The second kappa shape index (κ2) is 5.58. The lowest BCUT2D eigenvalue weighted by atomic mass is 9.86. The molecule has 1 aliphatic rings. The minimum absolute atomic E-state index is 0.0357. The maximum absolute atomic E-state index is 13.1. The number of hydrogen-bond donors (Lipinski definition) is 1. The Bertz CT molecular complexity index is 806. The monoisotopic (exact) mass is 353 g/mol. The number of rotatable bonds is 2. The third-order valence-corrected chi connectivity index (χ3v) is 4.82. The number of nitrogens with one attached hydrogen (secondary N) is 1. The van der Waals surface area contributed by atoms with Gasteiger partial charge in [-0.1, -0.05) is 38.2 Å². The molecule has 1 aromatic carbocycles. The summed E-state index contributed by atoms with van der Waals surface area (Å²) in [6, 6.07) is 5.84. The van der Waals surface area contributed by atoms with Gasteiger partial charge in [-0.3, -0.25) is 4.68 Å². The van der Waals surface area contributed by atoms with Gasteiger partial charge in [-0.25, -0.2) is 0 Å². The van der Waals surface area contributed by atoms with Gasteiger partial charge in [0.05, 0.1) is 5.56 Å². The Morgan fingerprint density at radius 2 is 2.04 bits per heavy atom. The van der Waals surface area contributed by atoms with Crippen molar-refractivity contribution in [1.29, 1.82) is 0 Å². The molecule has 0 saturated heterocycles. The molecule has 0 spiro atoms. The first-order chi connectivity index (χ1) is 11.1. The first-order valence-electron chi connectivity index (χ1n) is 7.64. The average molecular weight is 353 g/mol. The van der Waals surface area contributed by atoms with Gasteiger partial charge in [0, 0.05) is 18.9 Å². The molecule has 3 rings (SSSR count). The Morgan fingerprint density at radius 1 is 1.33 bits per heavy atom. The molecule has 0 atom stereocenters. The first kappa shape index (κ1) is 17.0. The van der Waals surface area contributed by atoms with Crippen LogP contribution in [0, 0.1) is 0 Å². The van der Waals surface area contributed by atoms with Crippen LogP contribution in [-0.4, -0.2) is 14.8 Å². The summed E-state index contributed by atoms with van der Waals surface area (Å²) in [5.41, 5.74) is 2.13. The van der Waals surface area contributed by atoms with Crippen molar-refractivity contribution in [2.75, 3.05) is 5.32 Å². The first-order valence-corrected chi connectivity index (χ1v) is 8.05. The van der Waals surface area contributed by atoms with Crippen LogP contribution < -0.4 is 5.32 Å². The molecule has 0 amide bonds. The fraction of sp³-hybridized carbons (Fsp3) is 0.412. The highest BCUT2D eigenvalue weighted by Crippen LogP contribution is 2.41. The number of anilines is 1. The number of alkyl halides is 3. The predicted molar refractivity (Wildman–Crippen MR) is 91.3 cm³/mol. The van der Waals surface area contributed by atoms with Gasteiger partial charge in [-0.05, 0) is 35.4 Å². The number of aromatic nitrogens is 2. The van der Waals surface area contributed by atoms with Gasteiger partial charge in [0.25, 0.3) is 0 Å². The van der Waals surface area contributed by atoms with E-state index in [-0.39, 0.29) is 16.0 Å². The zero-order chi connectivity index (χ0) is 17.7. The highest BCUT2D eigenvalue weighted by molar-refractivity contribution is 7.81. The SMILES string of the molecule is Cn1cc(C(=S)Nc2cccc3c2CCC3(C)C)c(C(F)(F)F)n1. The molecule has 1 heterocycles. The van der Waals surface area contributed by atoms with Crippen molar-refractivity contribution in [3.05, 3.63) is 46.8 Å². The molecular weight excluding hydrogens is 335 g/mol. The number of nitrogens with zero attached hydrogens (tertiary/aromatic N) is 2. The van der Waals surface area contributed by atoms with Crippen LogP contribution in [0.2, 0.25) is 0 Å².